The van der Waals surface area contributed by atoms with Crippen LogP contribution >= 0.6 is 27.5 Å². The smallest absolute Gasteiger partial charge is 0.318 e. The number of rotatable bonds is 3. The number of nitrogens with zero attached hydrogens (tertiary/aromatic N) is 4. The quantitative estimate of drug-likeness (QED) is 0.794. The summed E-state index contributed by atoms with van der Waals surface area (Å²) in [6, 6.07) is 5.76. The summed E-state index contributed by atoms with van der Waals surface area (Å²) < 4.78 is 6.36. The van der Waals surface area contributed by atoms with E-state index < -0.39 is 0 Å². The second kappa shape index (κ2) is 6.88. The van der Waals surface area contributed by atoms with E-state index in [4.69, 9.17) is 16.0 Å². The van der Waals surface area contributed by atoms with Gasteiger partial charge in [0.15, 0.2) is 0 Å². The predicted octanol–water partition coefficient (Wildman–Crippen LogP) is 3.01. The molecular formula is C15H16BrClN4O2. The predicted molar refractivity (Wildman–Crippen MR) is 90.9 cm³/mol. The van der Waals surface area contributed by atoms with E-state index in [1.54, 1.807) is 18.2 Å². The lowest BCUT2D eigenvalue weighted by atomic mass is 10.2. The van der Waals surface area contributed by atoms with Gasteiger partial charge in [-0.1, -0.05) is 39.6 Å². The Bertz CT molecular complexity index is 693. The second-order valence-corrected chi connectivity index (χ2v) is 6.62. The van der Waals surface area contributed by atoms with Crippen LogP contribution in [0.1, 0.15) is 23.2 Å². The molecule has 0 atom stereocenters. The molecule has 122 valence electrons. The van der Waals surface area contributed by atoms with E-state index in [1.807, 2.05) is 16.7 Å². The third-order valence-corrected chi connectivity index (χ3v) is 4.38. The van der Waals surface area contributed by atoms with Gasteiger partial charge in [0.1, 0.15) is 0 Å². The lowest BCUT2D eigenvalue weighted by molar-refractivity contribution is 0.0745. The van der Waals surface area contributed by atoms with Crippen LogP contribution in [0.15, 0.2) is 27.1 Å². The lowest BCUT2D eigenvalue weighted by Crippen LogP contribution is -2.49. The molecule has 0 spiro atoms. The number of halogens is 2. The van der Waals surface area contributed by atoms with Gasteiger partial charge in [0.25, 0.3) is 5.91 Å². The van der Waals surface area contributed by atoms with Gasteiger partial charge in [-0.15, -0.1) is 5.10 Å². The highest BCUT2D eigenvalue weighted by Gasteiger charge is 2.25. The van der Waals surface area contributed by atoms with Crippen LogP contribution in [-0.2, 0) is 6.42 Å². The minimum absolute atomic E-state index is 0.0207. The Balaban J connectivity index is 1.65. The van der Waals surface area contributed by atoms with Crippen molar-refractivity contribution in [3.05, 3.63) is 39.1 Å². The summed E-state index contributed by atoms with van der Waals surface area (Å²) in [6.45, 7) is 4.51. The molecular weight excluding hydrogens is 384 g/mol. The number of aromatic nitrogens is 2. The summed E-state index contributed by atoms with van der Waals surface area (Å²) in [4.78, 5) is 16.4. The number of benzene rings is 1. The molecule has 0 radical (unpaired) electrons. The van der Waals surface area contributed by atoms with Crippen molar-refractivity contribution in [1.29, 1.82) is 0 Å². The zero-order valence-corrected chi connectivity index (χ0v) is 15.0. The number of carbonyl (C=O) groups excluding carboxylic acids is 1. The Morgan fingerprint density at radius 2 is 2.00 bits per heavy atom. The molecule has 0 bridgehead atoms. The summed E-state index contributed by atoms with van der Waals surface area (Å²) in [5.41, 5.74) is 0.587. The second-order valence-electron chi connectivity index (χ2n) is 5.27. The first-order chi connectivity index (χ1) is 11.1. The first-order valence-electron chi connectivity index (χ1n) is 7.39. The van der Waals surface area contributed by atoms with Crippen molar-refractivity contribution in [2.45, 2.75) is 13.3 Å². The van der Waals surface area contributed by atoms with E-state index in [2.05, 4.69) is 26.1 Å². The van der Waals surface area contributed by atoms with Crippen LogP contribution in [0.2, 0.25) is 5.02 Å². The minimum atomic E-state index is -0.0207. The molecule has 1 aromatic carbocycles. The molecule has 1 aromatic heterocycles. The zero-order valence-electron chi connectivity index (χ0n) is 12.6. The van der Waals surface area contributed by atoms with E-state index in [0.717, 1.165) is 10.9 Å². The van der Waals surface area contributed by atoms with E-state index >= 15 is 0 Å². The summed E-state index contributed by atoms with van der Waals surface area (Å²) in [7, 11) is 0. The Kier molecular flexibility index (Phi) is 4.87. The Labute approximate surface area is 147 Å². The highest BCUT2D eigenvalue weighted by atomic mass is 79.9. The van der Waals surface area contributed by atoms with Gasteiger partial charge in [-0.05, 0) is 18.2 Å². The van der Waals surface area contributed by atoms with Crippen molar-refractivity contribution < 1.29 is 9.21 Å². The topological polar surface area (TPSA) is 62.5 Å². The van der Waals surface area contributed by atoms with Crippen LogP contribution in [-0.4, -0.2) is 47.2 Å². The minimum Gasteiger partial charge on any atom is -0.408 e. The monoisotopic (exact) mass is 398 g/mol. The Morgan fingerprint density at radius 3 is 2.61 bits per heavy atom. The molecule has 0 N–H and O–H groups in total. The maximum absolute atomic E-state index is 12.6. The van der Waals surface area contributed by atoms with Crippen LogP contribution in [0, 0.1) is 0 Å². The Morgan fingerprint density at radius 1 is 1.26 bits per heavy atom. The van der Waals surface area contributed by atoms with Crippen molar-refractivity contribution in [2.75, 3.05) is 31.1 Å². The average Bonchev–Trinajstić information content (AvgIpc) is 3.02. The first-order valence-corrected chi connectivity index (χ1v) is 8.56. The molecule has 3 rings (SSSR count). The molecule has 8 heteroatoms. The molecule has 0 saturated carbocycles. The van der Waals surface area contributed by atoms with Crippen molar-refractivity contribution in [3.63, 3.8) is 0 Å². The molecule has 0 unspecified atom stereocenters. The first kappa shape index (κ1) is 16.3. The van der Waals surface area contributed by atoms with Crippen molar-refractivity contribution >= 4 is 39.5 Å². The normalized spacial score (nSPS) is 15.1. The van der Waals surface area contributed by atoms with Crippen LogP contribution < -0.4 is 4.90 Å². The van der Waals surface area contributed by atoms with Crippen LogP contribution in [0.3, 0.4) is 0 Å². The van der Waals surface area contributed by atoms with Crippen LogP contribution in [0.5, 0.6) is 0 Å². The third kappa shape index (κ3) is 3.67. The molecule has 2 aromatic rings. The van der Waals surface area contributed by atoms with Gasteiger partial charge >= 0.3 is 6.01 Å². The Hall–Kier alpha value is -1.60. The summed E-state index contributed by atoms with van der Waals surface area (Å²) in [6.07, 6.45) is 0.717. The third-order valence-electron chi connectivity index (χ3n) is 3.71. The number of hydrogen-bond acceptors (Lipinski definition) is 5. The highest BCUT2D eigenvalue weighted by Crippen LogP contribution is 2.22. The number of amides is 1. The summed E-state index contributed by atoms with van der Waals surface area (Å²) in [5, 5.41) is 8.56. The number of carbonyl (C=O) groups is 1. The van der Waals surface area contributed by atoms with Crippen molar-refractivity contribution in [1.82, 2.24) is 15.1 Å². The van der Waals surface area contributed by atoms with Gasteiger partial charge in [0.2, 0.25) is 5.89 Å². The molecule has 2 heterocycles. The average molecular weight is 400 g/mol. The molecule has 1 aliphatic rings. The van der Waals surface area contributed by atoms with E-state index in [0.29, 0.717) is 48.7 Å². The SMILES string of the molecule is CCc1nnc(N2CCN(C(=O)c3cc(Cl)cc(Br)c3)CC2)o1. The van der Waals surface area contributed by atoms with Gasteiger partial charge in [0, 0.05) is 47.7 Å². The van der Waals surface area contributed by atoms with E-state index in [9.17, 15) is 4.79 Å². The number of hydrogen-bond donors (Lipinski definition) is 0. The maximum Gasteiger partial charge on any atom is 0.318 e. The van der Waals surface area contributed by atoms with E-state index in [1.165, 1.54) is 0 Å². The molecule has 1 amide bonds. The largest absolute Gasteiger partial charge is 0.408 e. The fraction of sp³-hybridized carbons (Fsp3) is 0.400. The fourth-order valence-corrected chi connectivity index (χ4v) is 3.34. The molecule has 23 heavy (non-hydrogen) atoms. The standard InChI is InChI=1S/C15H16BrClN4O2/c1-2-13-18-19-15(23-13)21-5-3-20(4-6-21)14(22)10-7-11(16)9-12(17)8-10/h7-9H,2-6H2,1H3. The highest BCUT2D eigenvalue weighted by molar-refractivity contribution is 9.10. The number of anilines is 1. The maximum atomic E-state index is 12.6. The summed E-state index contributed by atoms with van der Waals surface area (Å²) in [5.74, 6) is 0.606. The van der Waals surface area contributed by atoms with Gasteiger partial charge < -0.3 is 14.2 Å². The number of piperazine rings is 1. The van der Waals surface area contributed by atoms with Crippen molar-refractivity contribution in [2.24, 2.45) is 0 Å². The fourth-order valence-electron chi connectivity index (χ4n) is 2.48. The molecule has 6 nitrogen and oxygen atoms in total. The summed E-state index contributed by atoms with van der Waals surface area (Å²) >= 11 is 9.38. The van der Waals surface area contributed by atoms with Crippen LogP contribution in [0.4, 0.5) is 6.01 Å². The van der Waals surface area contributed by atoms with Gasteiger partial charge in [-0.25, -0.2) is 0 Å². The molecule has 1 aliphatic heterocycles. The van der Waals surface area contributed by atoms with Crippen LogP contribution in [0.25, 0.3) is 0 Å². The van der Waals surface area contributed by atoms with Gasteiger partial charge in [-0.2, -0.15) is 0 Å². The molecule has 0 aliphatic carbocycles. The van der Waals surface area contributed by atoms with Crippen molar-refractivity contribution in [3.8, 4) is 0 Å². The van der Waals surface area contributed by atoms with E-state index in [-0.39, 0.29) is 5.91 Å². The number of aryl methyl sites for hydroxylation is 1. The molecule has 1 saturated heterocycles. The van der Waals surface area contributed by atoms with Gasteiger partial charge in [-0.3, -0.25) is 4.79 Å². The van der Waals surface area contributed by atoms with Gasteiger partial charge in [0.05, 0.1) is 0 Å². The lowest BCUT2D eigenvalue weighted by Gasteiger charge is -2.33. The molecule has 1 fully saturated rings. The zero-order chi connectivity index (χ0) is 16.4.